The van der Waals surface area contributed by atoms with Crippen molar-refractivity contribution in [2.45, 2.75) is 31.9 Å². The van der Waals surface area contributed by atoms with Crippen molar-refractivity contribution >= 4 is 40.9 Å². The van der Waals surface area contributed by atoms with Crippen LogP contribution in [0.2, 0.25) is 5.02 Å². The second kappa shape index (κ2) is 9.37. The van der Waals surface area contributed by atoms with Crippen molar-refractivity contribution in [2.24, 2.45) is 0 Å². The van der Waals surface area contributed by atoms with Crippen molar-refractivity contribution in [1.82, 2.24) is 19.9 Å². The van der Waals surface area contributed by atoms with Gasteiger partial charge >= 0.3 is 0 Å². The number of hydrogen-bond acceptors (Lipinski definition) is 4. The van der Waals surface area contributed by atoms with Crippen molar-refractivity contribution in [3.63, 3.8) is 0 Å². The molecular weight excluding hydrogens is 399 g/mol. The monoisotopic (exact) mass is 420 g/mol. The molecule has 0 aliphatic carbocycles. The van der Waals surface area contributed by atoms with Gasteiger partial charge in [-0.05, 0) is 43.2 Å². The zero-order chi connectivity index (χ0) is 18.6. The molecular formula is C20H22Cl2N4O2. The Morgan fingerprint density at radius 3 is 2.96 bits per heavy atom. The zero-order valence-corrected chi connectivity index (χ0v) is 16.9. The van der Waals surface area contributed by atoms with Crippen molar-refractivity contribution in [3.8, 4) is 0 Å². The lowest BCUT2D eigenvalue weighted by Crippen LogP contribution is -2.38. The van der Waals surface area contributed by atoms with Crippen LogP contribution in [-0.4, -0.2) is 45.0 Å². The predicted molar refractivity (Wildman–Crippen MR) is 111 cm³/mol. The molecule has 1 aliphatic rings. The van der Waals surface area contributed by atoms with Gasteiger partial charge < -0.3 is 14.6 Å². The Bertz CT molecular complexity index is 926. The molecule has 1 atom stereocenters. The normalized spacial score (nSPS) is 16.1. The van der Waals surface area contributed by atoms with E-state index in [0.717, 1.165) is 36.2 Å². The lowest BCUT2D eigenvalue weighted by molar-refractivity contribution is -0.132. The van der Waals surface area contributed by atoms with E-state index >= 15 is 0 Å². The molecule has 8 heteroatoms. The summed E-state index contributed by atoms with van der Waals surface area (Å²) in [6.45, 7) is 1.80. The van der Waals surface area contributed by atoms with Gasteiger partial charge in [-0.2, -0.15) is 0 Å². The van der Waals surface area contributed by atoms with E-state index in [1.165, 1.54) is 0 Å². The van der Waals surface area contributed by atoms with Crippen LogP contribution in [0.3, 0.4) is 0 Å². The van der Waals surface area contributed by atoms with Gasteiger partial charge in [-0.15, -0.1) is 12.4 Å². The molecule has 4 rings (SSSR count). The molecule has 3 heterocycles. The summed E-state index contributed by atoms with van der Waals surface area (Å²) in [5, 5.41) is 0.638. The molecule has 0 spiro atoms. The number of carbonyl (C=O) groups is 1. The standard InChI is InChI=1S/C20H21ClN4O2.ClH/c21-14-6-7-17-18(10-14)24-19(23-17)11-20(26)25(13-16-5-3-9-27-16)12-15-4-1-2-8-22-15;/h1-2,4,6-8,10,16H,3,5,9,11-13H2,(H,23,24);1H. The van der Waals surface area contributed by atoms with E-state index in [1.54, 1.807) is 12.3 Å². The van der Waals surface area contributed by atoms with Crippen LogP contribution in [0, 0.1) is 0 Å². The van der Waals surface area contributed by atoms with E-state index in [9.17, 15) is 4.79 Å². The van der Waals surface area contributed by atoms with Crippen molar-refractivity contribution in [1.29, 1.82) is 0 Å². The van der Waals surface area contributed by atoms with E-state index in [1.807, 2.05) is 35.2 Å². The van der Waals surface area contributed by atoms with Gasteiger partial charge in [0.1, 0.15) is 5.82 Å². The van der Waals surface area contributed by atoms with Crippen molar-refractivity contribution < 1.29 is 9.53 Å². The average Bonchev–Trinajstić information content (AvgIpc) is 3.31. The van der Waals surface area contributed by atoms with Gasteiger partial charge in [0.25, 0.3) is 0 Å². The third-order valence-electron chi connectivity index (χ3n) is 4.69. The Morgan fingerprint density at radius 2 is 2.21 bits per heavy atom. The summed E-state index contributed by atoms with van der Waals surface area (Å²) in [4.78, 5) is 26.9. The number of nitrogens with zero attached hydrogens (tertiary/aromatic N) is 3. The first-order chi connectivity index (χ1) is 13.2. The number of halogens is 2. The predicted octanol–water partition coefficient (Wildman–Crippen LogP) is 3.78. The summed E-state index contributed by atoms with van der Waals surface area (Å²) in [6, 6.07) is 11.2. The van der Waals surface area contributed by atoms with Crippen LogP contribution in [-0.2, 0) is 22.5 Å². The number of aromatic amines is 1. The largest absolute Gasteiger partial charge is 0.376 e. The third-order valence-corrected chi connectivity index (χ3v) is 4.93. The van der Waals surface area contributed by atoms with E-state index in [2.05, 4.69) is 15.0 Å². The van der Waals surface area contributed by atoms with Crippen LogP contribution in [0.15, 0.2) is 42.6 Å². The minimum atomic E-state index is 0. The molecule has 0 bridgehead atoms. The maximum atomic E-state index is 13.0. The molecule has 148 valence electrons. The van der Waals surface area contributed by atoms with Gasteiger partial charge in [0.2, 0.25) is 5.91 Å². The molecule has 1 aromatic carbocycles. The average molecular weight is 421 g/mol. The van der Waals surface area contributed by atoms with E-state index in [-0.39, 0.29) is 30.8 Å². The van der Waals surface area contributed by atoms with Crippen LogP contribution in [0.1, 0.15) is 24.4 Å². The summed E-state index contributed by atoms with van der Waals surface area (Å²) in [6.07, 6.45) is 4.06. The summed E-state index contributed by atoms with van der Waals surface area (Å²) in [5.74, 6) is 0.636. The first-order valence-corrected chi connectivity index (χ1v) is 9.48. The minimum Gasteiger partial charge on any atom is -0.376 e. The number of pyridine rings is 1. The number of H-pyrrole nitrogens is 1. The zero-order valence-electron chi connectivity index (χ0n) is 15.3. The maximum Gasteiger partial charge on any atom is 0.230 e. The number of hydrogen-bond donors (Lipinski definition) is 1. The summed E-state index contributed by atoms with van der Waals surface area (Å²) < 4.78 is 5.73. The Hall–Kier alpha value is -2.15. The molecule has 1 fully saturated rings. The molecule has 6 nitrogen and oxygen atoms in total. The number of rotatable bonds is 6. The minimum absolute atomic E-state index is 0. The number of benzene rings is 1. The van der Waals surface area contributed by atoms with Crippen LogP contribution >= 0.6 is 24.0 Å². The van der Waals surface area contributed by atoms with Gasteiger partial charge in [-0.25, -0.2) is 4.98 Å². The molecule has 1 saturated heterocycles. The van der Waals surface area contributed by atoms with E-state index < -0.39 is 0 Å². The fourth-order valence-electron chi connectivity index (χ4n) is 3.35. The molecule has 1 amide bonds. The first kappa shape index (κ1) is 20.6. The van der Waals surface area contributed by atoms with Crippen molar-refractivity contribution in [3.05, 3.63) is 59.1 Å². The number of fused-ring (bicyclic) bond motifs is 1. The number of carbonyl (C=O) groups excluding carboxylic acids is 1. The summed E-state index contributed by atoms with van der Waals surface area (Å²) >= 11 is 6.03. The second-order valence-corrected chi connectivity index (χ2v) is 7.19. The van der Waals surface area contributed by atoms with Gasteiger partial charge in [-0.1, -0.05) is 17.7 Å². The highest BCUT2D eigenvalue weighted by atomic mass is 35.5. The molecule has 1 aliphatic heterocycles. The number of ether oxygens (including phenoxy) is 1. The topological polar surface area (TPSA) is 71.1 Å². The molecule has 0 saturated carbocycles. The number of nitrogens with one attached hydrogen (secondary N) is 1. The van der Waals surface area contributed by atoms with E-state index in [4.69, 9.17) is 16.3 Å². The highest BCUT2D eigenvalue weighted by molar-refractivity contribution is 6.31. The molecule has 1 N–H and O–H groups in total. The smallest absolute Gasteiger partial charge is 0.230 e. The van der Waals surface area contributed by atoms with Crippen LogP contribution < -0.4 is 0 Å². The lowest BCUT2D eigenvalue weighted by atomic mass is 10.2. The Morgan fingerprint density at radius 1 is 1.32 bits per heavy atom. The van der Waals surface area contributed by atoms with Crippen LogP contribution in [0.5, 0.6) is 0 Å². The fraction of sp³-hybridized carbons (Fsp3) is 0.350. The van der Waals surface area contributed by atoms with Crippen LogP contribution in [0.4, 0.5) is 0 Å². The van der Waals surface area contributed by atoms with Gasteiger partial charge in [0, 0.05) is 24.4 Å². The highest BCUT2D eigenvalue weighted by Gasteiger charge is 2.24. The first-order valence-electron chi connectivity index (χ1n) is 9.11. The second-order valence-electron chi connectivity index (χ2n) is 6.75. The van der Waals surface area contributed by atoms with Gasteiger partial charge in [-0.3, -0.25) is 9.78 Å². The summed E-state index contributed by atoms with van der Waals surface area (Å²) in [5.41, 5.74) is 2.50. The van der Waals surface area contributed by atoms with Crippen molar-refractivity contribution in [2.75, 3.05) is 13.2 Å². The van der Waals surface area contributed by atoms with E-state index in [0.29, 0.717) is 23.9 Å². The van der Waals surface area contributed by atoms with Crippen LogP contribution in [0.25, 0.3) is 11.0 Å². The highest BCUT2D eigenvalue weighted by Crippen LogP contribution is 2.19. The number of imidazole rings is 1. The van der Waals surface area contributed by atoms with Gasteiger partial charge in [0.15, 0.2) is 0 Å². The summed E-state index contributed by atoms with van der Waals surface area (Å²) in [7, 11) is 0. The quantitative estimate of drug-likeness (QED) is 0.658. The molecule has 2 aromatic heterocycles. The SMILES string of the molecule is Cl.O=C(Cc1nc2ccc(Cl)cc2[nH]1)N(Cc1ccccn1)CC1CCCO1. The maximum absolute atomic E-state index is 13.0. The lowest BCUT2D eigenvalue weighted by Gasteiger charge is -2.25. The number of aromatic nitrogens is 3. The Balaban J connectivity index is 0.00000225. The third kappa shape index (κ3) is 5.01. The molecule has 1 unspecified atom stereocenters. The van der Waals surface area contributed by atoms with Gasteiger partial charge in [0.05, 0.1) is 35.8 Å². The Kier molecular flexibility index (Phi) is 6.88. The number of amides is 1. The fourth-order valence-corrected chi connectivity index (χ4v) is 3.52. The molecule has 28 heavy (non-hydrogen) atoms. The molecule has 3 aromatic rings. The Labute approximate surface area is 174 Å². The molecule has 0 radical (unpaired) electrons.